The highest BCUT2D eigenvalue weighted by molar-refractivity contribution is 7.16. The first-order valence-corrected chi connectivity index (χ1v) is 12.1. The fourth-order valence-corrected chi connectivity index (χ4v) is 6.04. The third kappa shape index (κ3) is 3.87. The Morgan fingerprint density at radius 3 is 2.81 bits per heavy atom. The topological polar surface area (TPSA) is 64.6 Å². The molecule has 5 rings (SSSR count). The Labute approximate surface area is 197 Å². The summed E-state index contributed by atoms with van der Waals surface area (Å²) in [5.41, 5.74) is 4.64. The van der Waals surface area contributed by atoms with Gasteiger partial charge in [0.05, 0.1) is 5.56 Å². The fraction of sp³-hybridized carbons (Fsp3) is 0.320. The monoisotopic (exact) mass is 467 g/mol. The van der Waals surface area contributed by atoms with E-state index >= 15 is 0 Å². The van der Waals surface area contributed by atoms with Crippen LogP contribution < -0.4 is 10.6 Å². The highest BCUT2D eigenvalue weighted by Crippen LogP contribution is 2.42. The number of fused-ring (bicyclic) bond motifs is 3. The maximum Gasteiger partial charge on any atom is 0.256 e. The van der Waals surface area contributed by atoms with Crippen molar-refractivity contribution in [1.82, 2.24) is 10.2 Å². The summed E-state index contributed by atoms with van der Waals surface area (Å²) >= 11 is 7.99. The van der Waals surface area contributed by atoms with Gasteiger partial charge in [-0.05, 0) is 61.6 Å². The van der Waals surface area contributed by atoms with Crippen LogP contribution in [0.15, 0.2) is 42.5 Å². The van der Waals surface area contributed by atoms with Crippen molar-refractivity contribution in [2.24, 2.45) is 0 Å². The van der Waals surface area contributed by atoms with Gasteiger partial charge in [-0.1, -0.05) is 35.9 Å². The summed E-state index contributed by atoms with van der Waals surface area (Å²) in [6.07, 6.45) is 1.05. The summed E-state index contributed by atoms with van der Waals surface area (Å²) in [5, 5.41) is 18.7. The number of thiophene rings is 1. The Balaban J connectivity index is 1.43. The zero-order valence-corrected chi connectivity index (χ0v) is 19.7. The number of benzene rings is 2. The van der Waals surface area contributed by atoms with Crippen LogP contribution in [-0.4, -0.2) is 28.5 Å². The molecule has 0 aliphatic carbocycles. The number of phenols is 1. The molecule has 3 heterocycles. The smallest absolute Gasteiger partial charge is 0.256 e. The van der Waals surface area contributed by atoms with Crippen LogP contribution >= 0.6 is 22.9 Å². The summed E-state index contributed by atoms with van der Waals surface area (Å²) in [5.74, 6) is 0.0802. The summed E-state index contributed by atoms with van der Waals surface area (Å²) in [6, 6.07) is 13.7. The molecule has 0 fully saturated rings. The molecule has 3 N–H and O–H groups in total. The lowest BCUT2D eigenvalue weighted by Crippen LogP contribution is -2.39. The molecule has 0 bridgehead atoms. The maximum absolute atomic E-state index is 13.1. The number of halogens is 1. The van der Waals surface area contributed by atoms with Crippen molar-refractivity contribution >= 4 is 33.8 Å². The molecule has 5 nitrogen and oxygen atoms in total. The van der Waals surface area contributed by atoms with Crippen molar-refractivity contribution in [3.8, 4) is 5.75 Å². The Kier molecular flexibility index (Phi) is 5.61. The predicted octanol–water partition coefficient (Wildman–Crippen LogP) is 5.32. The van der Waals surface area contributed by atoms with E-state index in [1.54, 1.807) is 17.4 Å². The van der Waals surface area contributed by atoms with E-state index in [0.29, 0.717) is 18.0 Å². The van der Waals surface area contributed by atoms with Crippen LogP contribution in [-0.2, 0) is 19.4 Å². The van der Waals surface area contributed by atoms with Crippen LogP contribution in [0.4, 0.5) is 5.00 Å². The van der Waals surface area contributed by atoms with Gasteiger partial charge in [-0.15, -0.1) is 11.3 Å². The van der Waals surface area contributed by atoms with Crippen molar-refractivity contribution in [1.29, 1.82) is 0 Å². The number of hydrogen-bond acceptors (Lipinski definition) is 5. The molecule has 1 atom stereocenters. The van der Waals surface area contributed by atoms with E-state index < -0.39 is 6.17 Å². The number of carbonyl (C=O) groups excluding carboxylic acids is 1. The van der Waals surface area contributed by atoms with Crippen LogP contribution in [0, 0.1) is 0 Å². The van der Waals surface area contributed by atoms with Crippen LogP contribution in [0.1, 0.15) is 57.5 Å². The molecule has 32 heavy (non-hydrogen) atoms. The number of anilines is 1. The number of carbonyl (C=O) groups is 1. The molecule has 166 valence electrons. The molecular formula is C25H26ClN3O2S. The average Bonchev–Trinajstić information content (AvgIpc) is 3.14. The van der Waals surface area contributed by atoms with E-state index in [9.17, 15) is 9.90 Å². The molecule has 1 amide bonds. The van der Waals surface area contributed by atoms with Crippen LogP contribution in [0.2, 0.25) is 5.02 Å². The molecular weight excluding hydrogens is 442 g/mol. The normalized spacial score (nSPS) is 18.1. The standard InChI is InChI=1S/C25H26ClN3O2S/c1-14(2)29-10-9-17-21(13-29)32-25-22(17)24(31)27-23(28-25)18-12-15(7-8-20(18)30)11-16-5-3-4-6-19(16)26/h3-8,12,14,23,28,30H,9-11,13H2,1-2H3,(H,27,31)/t23-/m1/s1. The van der Waals surface area contributed by atoms with Crippen molar-refractivity contribution in [2.75, 3.05) is 11.9 Å². The largest absolute Gasteiger partial charge is 0.508 e. The van der Waals surface area contributed by atoms with Crippen LogP contribution in [0.5, 0.6) is 5.75 Å². The van der Waals surface area contributed by atoms with E-state index in [1.165, 1.54) is 10.4 Å². The second-order valence-electron chi connectivity index (χ2n) is 8.73. The molecule has 0 saturated carbocycles. The molecule has 7 heteroatoms. The second kappa shape index (κ2) is 8.43. The van der Waals surface area contributed by atoms with Crippen LogP contribution in [0.25, 0.3) is 0 Å². The van der Waals surface area contributed by atoms with E-state index in [0.717, 1.165) is 46.2 Å². The number of hydrogen-bond donors (Lipinski definition) is 3. The SMILES string of the molecule is CC(C)N1CCc2c(sc3c2C(=O)N[C@@H](c2cc(Cc4ccccc4Cl)ccc2O)N3)C1. The Bertz CT molecular complexity index is 1190. The highest BCUT2D eigenvalue weighted by atomic mass is 35.5. The molecule has 3 aromatic rings. The summed E-state index contributed by atoms with van der Waals surface area (Å²) in [6.45, 7) is 6.26. The van der Waals surface area contributed by atoms with E-state index in [4.69, 9.17) is 11.6 Å². The van der Waals surface area contributed by atoms with Gasteiger partial charge in [-0.3, -0.25) is 9.69 Å². The van der Waals surface area contributed by atoms with Gasteiger partial charge < -0.3 is 15.7 Å². The van der Waals surface area contributed by atoms with E-state index in [1.807, 2.05) is 36.4 Å². The summed E-state index contributed by atoms with van der Waals surface area (Å²) < 4.78 is 0. The molecule has 0 spiro atoms. The number of aromatic hydroxyl groups is 1. The second-order valence-corrected chi connectivity index (χ2v) is 10.2. The molecule has 2 aliphatic heterocycles. The lowest BCUT2D eigenvalue weighted by Gasteiger charge is -2.31. The Hall–Kier alpha value is -2.54. The Morgan fingerprint density at radius 1 is 1.22 bits per heavy atom. The van der Waals surface area contributed by atoms with Gasteiger partial charge in [0.1, 0.15) is 16.9 Å². The average molecular weight is 468 g/mol. The van der Waals surface area contributed by atoms with Gasteiger partial charge in [0.25, 0.3) is 5.91 Å². The van der Waals surface area contributed by atoms with Crippen LogP contribution in [0.3, 0.4) is 0 Å². The minimum Gasteiger partial charge on any atom is -0.508 e. The number of nitrogens with zero attached hydrogens (tertiary/aromatic N) is 1. The quantitative estimate of drug-likeness (QED) is 0.486. The maximum atomic E-state index is 13.1. The Morgan fingerprint density at radius 2 is 2.03 bits per heavy atom. The lowest BCUT2D eigenvalue weighted by molar-refractivity contribution is 0.0934. The van der Waals surface area contributed by atoms with Gasteiger partial charge in [-0.25, -0.2) is 0 Å². The van der Waals surface area contributed by atoms with E-state index in [2.05, 4.69) is 29.4 Å². The summed E-state index contributed by atoms with van der Waals surface area (Å²) in [7, 11) is 0. The van der Waals surface area contributed by atoms with Gasteiger partial charge in [0.2, 0.25) is 0 Å². The number of amides is 1. The first kappa shape index (κ1) is 21.3. The van der Waals surface area contributed by atoms with Gasteiger partial charge in [0.15, 0.2) is 0 Å². The van der Waals surface area contributed by atoms with Crippen molar-refractivity contribution in [3.05, 3.63) is 80.2 Å². The third-order valence-electron chi connectivity index (χ3n) is 6.35. The molecule has 2 aromatic carbocycles. The van der Waals surface area contributed by atoms with Crippen molar-refractivity contribution in [3.63, 3.8) is 0 Å². The first-order chi connectivity index (χ1) is 15.4. The summed E-state index contributed by atoms with van der Waals surface area (Å²) in [4.78, 5) is 16.8. The van der Waals surface area contributed by atoms with Gasteiger partial charge >= 0.3 is 0 Å². The lowest BCUT2D eigenvalue weighted by atomic mass is 9.98. The molecule has 2 aliphatic rings. The zero-order valence-electron chi connectivity index (χ0n) is 18.1. The van der Waals surface area contributed by atoms with Gasteiger partial charge in [0, 0.05) is 34.6 Å². The minimum absolute atomic E-state index is 0.0739. The van der Waals surface area contributed by atoms with Gasteiger partial charge in [-0.2, -0.15) is 0 Å². The molecule has 0 unspecified atom stereocenters. The van der Waals surface area contributed by atoms with Crippen molar-refractivity contribution in [2.45, 2.75) is 45.4 Å². The minimum atomic E-state index is -0.484. The number of nitrogens with one attached hydrogen (secondary N) is 2. The molecule has 1 aromatic heterocycles. The third-order valence-corrected chi connectivity index (χ3v) is 7.87. The zero-order chi connectivity index (χ0) is 22.4. The highest BCUT2D eigenvalue weighted by Gasteiger charge is 2.34. The fourth-order valence-electron chi connectivity index (χ4n) is 4.54. The van der Waals surface area contributed by atoms with E-state index in [-0.39, 0.29) is 11.7 Å². The molecule has 0 saturated heterocycles. The number of phenolic OH excluding ortho intramolecular Hbond substituents is 1. The predicted molar refractivity (Wildman–Crippen MR) is 130 cm³/mol. The molecule has 0 radical (unpaired) electrons. The first-order valence-electron chi connectivity index (χ1n) is 10.9. The van der Waals surface area contributed by atoms with Crippen molar-refractivity contribution < 1.29 is 9.90 Å². The number of rotatable bonds is 4.